The number of aromatic nitrogens is 2. The second-order valence-corrected chi connectivity index (χ2v) is 10.1. The van der Waals surface area contributed by atoms with Crippen LogP contribution in [0.25, 0.3) is 0 Å². The van der Waals surface area contributed by atoms with E-state index in [1.807, 2.05) is 24.3 Å². The lowest BCUT2D eigenvalue weighted by Gasteiger charge is -2.44. The Hall–Kier alpha value is -2.16. The molecule has 3 aliphatic rings. The van der Waals surface area contributed by atoms with Crippen molar-refractivity contribution in [2.75, 3.05) is 19.6 Å². The molecule has 1 spiro atoms. The van der Waals surface area contributed by atoms with E-state index < -0.39 is 0 Å². The number of Topliss-reactive ketones (excluding diaryl/α,β-unsaturated/α-hetero) is 1. The number of imidazole rings is 1. The van der Waals surface area contributed by atoms with Crippen molar-refractivity contribution in [3.63, 3.8) is 0 Å². The van der Waals surface area contributed by atoms with E-state index in [2.05, 4.69) is 24.5 Å². The Morgan fingerprint density at radius 1 is 1.23 bits per heavy atom. The van der Waals surface area contributed by atoms with Gasteiger partial charge in [-0.05, 0) is 62.6 Å². The zero-order valence-corrected chi connectivity index (χ0v) is 18.7. The molecule has 8 heteroatoms. The van der Waals surface area contributed by atoms with Gasteiger partial charge in [0.05, 0.1) is 6.33 Å². The predicted molar refractivity (Wildman–Crippen MR) is 119 cm³/mol. The number of carbonyl (C=O) groups is 2. The van der Waals surface area contributed by atoms with Gasteiger partial charge in [0.15, 0.2) is 5.78 Å². The van der Waals surface area contributed by atoms with Gasteiger partial charge in [0.1, 0.15) is 11.7 Å². The molecule has 31 heavy (non-hydrogen) atoms. The van der Waals surface area contributed by atoms with Crippen molar-refractivity contribution in [1.82, 2.24) is 24.5 Å². The summed E-state index contributed by atoms with van der Waals surface area (Å²) in [5.41, 5.74) is 1.32. The SMILES string of the molecule is CC(=O)c1ccc(SN2C(Cc3cnc[nH]3)C(=O)NC23CCN(CC2CC2)CC3)cc1. The van der Waals surface area contributed by atoms with Crippen molar-refractivity contribution in [1.29, 1.82) is 0 Å². The number of piperidine rings is 1. The Balaban J connectivity index is 1.37. The lowest BCUT2D eigenvalue weighted by atomic mass is 9.97. The molecule has 2 saturated heterocycles. The molecule has 1 aromatic carbocycles. The number of aromatic amines is 1. The van der Waals surface area contributed by atoms with Gasteiger partial charge in [-0.2, -0.15) is 0 Å². The molecular formula is C23H29N5O2S. The van der Waals surface area contributed by atoms with Crippen molar-refractivity contribution in [2.24, 2.45) is 5.92 Å². The Labute approximate surface area is 187 Å². The van der Waals surface area contributed by atoms with Crippen LogP contribution >= 0.6 is 11.9 Å². The van der Waals surface area contributed by atoms with Crippen LogP contribution in [0.2, 0.25) is 0 Å². The normalized spacial score (nSPS) is 23.9. The Morgan fingerprint density at radius 3 is 2.58 bits per heavy atom. The third kappa shape index (κ3) is 4.42. The Kier molecular flexibility index (Phi) is 5.62. The molecule has 0 radical (unpaired) electrons. The molecule has 1 saturated carbocycles. The first-order valence-corrected chi connectivity index (χ1v) is 11.9. The number of ketones is 1. The highest BCUT2D eigenvalue weighted by Gasteiger charge is 2.53. The van der Waals surface area contributed by atoms with E-state index in [1.54, 1.807) is 31.4 Å². The number of H-pyrrole nitrogens is 1. The summed E-state index contributed by atoms with van der Waals surface area (Å²) in [6.07, 6.45) is 8.61. The molecule has 3 fully saturated rings. The minimum absolute atomic E-state index is 0.0613. The van der Waals surface area contributed by atoms with Gasteiger partial charge in [-0.3, -0.25) is 9.59 Å². The number of amides is 1. The highest BCUT2D eigenvalue weighted by Crippen LogP contribution is 2.42. The summed E-state index contributed by atoms with van der Waals surface area (Å²) < 4.78 is 2.29. The molecule has 1 amide bonds. The van der Waals surface area contributed by atoms with Crippen molar-refractivity contribution in [3.8, 4) is 0 Å². The fraction of sp³-hybridized carbons (Fsp3) is 0.522. The van der Waals surface area contributed by atoms with Crippen LogP contribution < -0.4 is 5.32 Å². The highest BCUT2D eigenvalue weighted by molar-refractivity contribution is 7.97. The monoisotopic (exact) mass is 439 g/mol. The van der Waals surface area contributed by atoms with Gasteiger partial charge in [0, 0.05) is 48.4 Å². The van der Waals surface area contributed by atoms with Crippen LogP contribution in [0.15, 0.2) is 41.7 Å². The molecule has 2 aromatic rings. The molecule has 1 aliphatic carbocycles. The van der Waals surface area contributed by atoms with Crippen molar-refractivity contribution >= 4 is 23.6 Å². The first-order chi connectivity index (χ1) is 15.0. The van der Waals surface area contributed by atoms with Gasteiger partial charge in [-0.25, -0.2) is 9.29 Å². The Morgan fingerprint density at radius 2 is 1.97 bits per heavy atom. The summed E-state index contributed by atoms with van der Waals surface area (Å²) in [4.78, 5) is 35.6. The van der Waals surface area contributed by atoms with E-state index in [1.165, 1.54) is 19.4 Å². The lowest BCUT2D eigenvalue weighted by molar-refractivity contribution is -0.121. The first-order valence-electron chi connectivity index (χ1n) is 11.1. The minimum atomic E-state index is -0.342. The molecule has 1 aromatic heterocycles. The molecule has 0 bridgehead atoms. The van der Waals surface area contributed by atoms with Crippen LogP contribution in [0.3, 0.4) is 0 Å². The van der Waals surface area contributed by atoms with E-state index in [0.717, 1.165) is 42.4 Å². The van der Waals surface area contributed by atoms with Crippen LogP contribution in [-0.4, -0.2) is 62.2 Å². The summed E-state index contributed by atoms with van der Waals surface area (Å²) in [5.74, 6) is 1.02. The van der Waals surface area contributed by atoms with Crippen LogP contribution in [0, 0.1) is 5.92 Å². The standard InChI is InChI=1S/C23H29N5O2S/c1-16(29)18-4-6-20(7-5-18)31-28-21(12-19-13-24-15-25-19)22(30)26-23(28)8-10-27(11-9-23)14-17-2-3-17/h4-7,13,15,17,21H,2-3,8-12,14H2,1H3,(H,24,25)(H,26,30). The molecule has 1 unspecified atom stereocenters. The first kappa shape index (κ1) is 20.7. The van der Waals surface area contributed by atoms with Crippen LogP contribution in [0.4, 0.5) is 0 Å². The molecule has 164 valence electrons. The molecule has 2 N–H and O–H groups in total. The second kappa shape index (κ2) is 8.41. The summed E-state index contributed by atoms with van der Waals surface area (Å²) in [6.45, 7) is 4.79. The maximum atomic E-state index is 13.1. The molecule has 5 rings (SSSR count). The van der Waals surface area contributed by atoms with Gasteiger partial charge in [0.2, 0.25) is 5.91 Å². The number of hydrogen-bond acceptors (Lipinski definition) is 6. The van der Waals surface area contributed by atoms with E-state index in [0.29, 0.717) is 12.0 Å². The summed E-state index contributed by atoms with van der Waals surface area (Å²) in [5, 5.41) is 3.37. The number of nitrogens with zero attached hydrogens (tertiary/aromatic N) is 3. The van der Waals surface area contributed by atoms with Crippen molar-refractivity contribution in [2.45, 2.75) is 55.6 Å². The van der Waals surface area contributed by atoms with Gasteiger partial charge >= 0.3 is 0 Å². The second-order valence-electron chi connectivity index (χ2n) is 9.06. The van der Waals surface area contributed by atoms with Gasteiger partial charge in [-0.15, -0.1) is 0 Å². The summed E-state index contributed by atoms with van der Waals surface area (Å²) >= 11 is 1.62. The zero-order chi connectivity index (χ0) is 21.4. The summed E-state index contributed by atoms with van der Waals surface area (Å²) in [7, 11) is 0. The van der Waals surface area contributed by atoms with E-state index in [4.69, 9.17) is 0 Å². The number of nitrogens with one attached hydrogen (secondary N) is 2. The molecule has 3 heterocycles. The molecular weight excluding hydrogens is 410 g/mol. The van der Waals surface area contributed by atoms with Crippen LogP contribution in [-0.2, 0) is 11.2 Å². The van der Waals surface area contributed by atoms with Crippen molar-refractivity contribution < 1.29 is 9.59 Å². The number of benzene rings is 1. The number of likely N-dealkylation sites (tertiary alicyclic amines) is 1. The van der Waals surface area contributed by atoms with Crippen LogP contribution in [0.5, 0.6) is 0 Å². The smallest absolute Gasteiger partial charge is 0.240 e. The third-order valence-electron chi connectivity index (χ3n) is 6.69. The lowest BCUT2D eigenvalue weighted by Crippen LogP contribution is -2.57. The minimum Gasteiger partial charge on any atom is -0.348 e. The van der Waals surface area contributed by atoms with Gasteiger partial charge in [0.25, 0.3) is 0 Å². The zero-order valence-electron chi connectivity index (χ0n) is 17.8. The molecule has 2 aliphatic heterocycles. The van der Waals surface area contributed by atoms with E-state index in [-0.39, 0.29) is 23.4 Å². The van der Waals surface area contributed by atoms with E-state index in [9.17, 15) is 9.59 Å². The number of carbonyl (C=O) groups excluding carboxylic acids is 2. The molecule has 1 atom stereocenters. The van der Waals surface area contributed by atoms with E-state index >= 15 is 0 Å². The highest BCUT2D eigenvalue weighted by atomic mass is 32.2. The quantitative estimate of drug-likeness (QED) is 0.510. The predicted octanol–water partition coefficient (Wildman–Crippen LogP) is 2.86. The summed E-state index contributed by atoms with van der Waals surface area (Å²) in [6, 6.07) is 7.42. The fourth-order valence-electron chi connectivity index (χ4n) is 4.68. The fourth-order valence-corrected chi connectivity index (χ4v) is 5.87. The maximum absolute atomic E-state index is 13.1. The number of hydrogen-bond donors (Lipinski definition) is 2. The van der Waals surface area contributed by atoms with Crippen LogP contribution in [0.1, 0.15) is 48.7 Å². The largest absolute Gasteiger partial charge is 0.348 e. The van der Waals surface area contributed by atoms with Crippen molar-refractivity contribution in [3.05, 3.63) is 48.0 Å². The van der Waals surface area contributed by atoms with Gasteiger partial charge in [-0.1, -0.05) is 12.1 Å². The maximum Gasteiger partial charge on any atom is 0.240 e. The molecule has 7 nitrogen and oxygen atoms in total. The third-order valence-corrected chi connectivity index (χ3v) is 7.98. The topological polar surface area (TPSA) is 81.3 Å². The van der Waals surface area contributed by atoms with Gasteiger partial charge < -0.3 is 15.2 Å². The Bertz CT molecular complexity index is 933. The number of rotatable bonds is 7. The average Bonchev–Trinajstić information content (AvgIpc) is 3.36. The average molecular weight is 440 g/mol.